The molecule has 0 heterocycles. The van der Waals surface area contributed by atoms with Gasteiger partial charge in [-0.15, -0.1) is 0 Å². The predicted molar refractivity (Wildman–Crippen MR) is 188 cm³/mol. The van der Waals surface area contributed by atoms with Crippen LogP contribution in [0.4, 0.5) is 0 Å². The first kappa shape index (κ1) is 43.0. The summed E-state index contributed by atoms with van der Waals surface area (Å²) in [6.45, 7) is 6.28. The standard InChI is InChI=1S/C39H68O8/c1-4-5-16-22-32(40)26-27-35-34(36(42)28-37(35)43)23-18-14-15-20-25-39(45)47-30-33(41)29-46-38(44)24-19-13-11-9-7-6-8-10-12-17-21-31(2)3/h14,18,26-27,31-36,40-42H,4-13,15-17,19-25,28-30H2,1-3H3/b18-14-,27-26+/t32-,33+,34+,35+,36-/m0/s1. The number of hydrogen-bond donors (Lipinski definition) is 3. The summed E-state index contributed by atoms with van der Waals surface area (Å²) in [6.07, 6.45) is 24.6. The lowest BCUT2D eigenvalue weighted by molar-refractivity contribution is -0.152. The van der Waals surface area contributed by atoms with E-state index in [2.05, 4.69) is 20.8 Å². The maximum absolute atomic E-state index is 12.4. The van der Waals surface area contributed by atoms with Crippen LogP contribution in [0, 0.1) is 17.8 Å². The van der Waals surface area contributed by atoms with Gasteiger partial charge in [0.1, 0.15) is 25.1 Å². The van der Waals surface area contributed by atoms with Crippen LogP contribution in [0.15, 0.2) is 24.3 Å². The Balaban J connectivity index is 2.07. The van der Waals surface area contributed by atoms with Crippen LogP contribution in [0.25, 0.3) is 0 Å². The van der Waals surface area contributed by atoms with Crippen molar-refractivity contribution in [2.45, 2.75) is 174 Å². The maximum Gasteiger partial charge on any atom is 0.305 e. The van der Waals surface area contributed by atoms with Crippen molar-refractivity contribution in [3.05, 3.63) is 24.3 Å². The Bertz CT molecular complexity index is 882. The topological polar surface area (TPSA) is 130 Å². The third-order valence-corrected chi connectivity index (χ3v) is 8.99. The van der Waals surface area contributed by atoms with Crippen molar-refractivity contribution in [1.82, 2.24) is 0 Å². The number of Topliss-reactive ketones (excluding diaryl/α,β-unsaturated/α-hetero) is 1. The summed E-state index contributed by atoms with van der Waals surface area (Å²) in [5.41, 5.74) is 0. The Morgan fingerprint density at radius 3 is 1.94 bits per heavy atom. The minimum atomic E-state index is -1.05. The second-order valence-electron chi connectivity index (χ2n) is 14.0. The molecule has 1 fully saturated rings. The molecule has 47 heavy (non-hydrogen) atoms. The van der Waals surface area contributed by atoms with Gasteiger partial charge in [-0.05, 0) is 38.0 Å². The molecule has 1 aliphatic rings. The predicted octanol–water partition coefficient (Wildman–Crippen LogP) is 7.95. The van der Waals surface area contributed by atoms with Crippen LogP contribution in [0.2, 0.25) is 0 Å². The van der Waals surface area contributed by atoms with E-state index >= 15 is 0 Å². The number of ether oxygens (including phenoxy) is 2. The second-order valence-corrected chi connectivity index (χ2v) is 14.0. The zero-order valence-corrected chi connectivity index (χ0v) is 29.9. The molecule has 0 aromatic carbocycles. The molecular weight excluding hydrogens is 596 g/mol. The molecule has 1 aliphatic carbocycles. The lowest BCUT2D eigenvalue weighted by Crippen LogP contribution is -2.25. The molecule has 1 rings (SSSR count). The van der Waals surface area contributed by atoms with E-state index in [1.807, 2.05) is 12.2 Å². The third kappa shape index (κ3) is 23.0. The third-order valence-electron chi connectivity index (χ3n) is 8.99. The number of rotatable bonds is 29. The molecule has 0 amide bonds. The zero-order valence-electron chi connectivity index (χ0n) is 29.9. The number of carbonyl (C=O) groups excluding carboxylic acids is 3. The molecule has 272 valence electrons. The van der Waals surface area contributed by atoms with E-state index in [1.54, 1.807) is 12.2 Å². The molecule has 0 aromatic rings. The van der Waals surface area contributed by atoms with Crippen LogP contribution < -0.4 is 0 Å². The van der Waals surface area contributed by atoms with Gasteiger partial charge in [0.15, 0.2) is 0 Å². The molecule has 8 heteroatoms. The van der Waals surface area contributed by atoms with Crippen molar-refractivity contribution < 1.29 is 39.2 Å². The number of allylic oxidation sites excluding steroid dienone is 3. The van der Waals surface area contributed by atoms with E-state index < -0.39 is 30.2 Å². The monoisotopic (exact) mass is 664 g/mol. The van der Waals surface area contributed by atoms with Gasteiger partial charge in [-0.1, -0.05) is 129 Å². The average Bonchev–Trinajstić information content (AvgIpc) is 3.30. The number of carbonyl (C=O) groups is 3. The lowest BCUT2D eigenvalue weighted by Gasteiger charge is -2.17. The highest BCUT2D eigenvalue weighted by Crippen LogP contribution is 2.33. The summed E-state index contributed by atoms with van der Waals surface area (Å²) in [5.74, 6) is -0.552. The zero-order chi connectivity index (χ0) is 34.7. The van der Waals surface area contributed by atoms with Crippen LogP contribution in [0.3, 0.4) is 0 Å². The minimum absolute atomic E-state index is 0.00186. The van der Waals surface area contributed by atoms with Gasteiger partial charge in [0, 0.05) is 31.1 Å². The molecule has 8 nitrogen and oxygen atoms in total. The molecular formula is C39H68O8. The largest absolute Gasteiger partial charge is 0.463 e. The van der Waals surface area contributed by atoms with E-state index in [0.717, 1.165) is 44.4 Å². The van der Waals surface area contributed by atoms with Crippen LogP contribution in [0.1, 0.15) is 156 Å². The minimum Gasteiger partial charge on any atom is -0.463 e. The fourth-order valence-corrected chi connectivity index (χ4v) is 6.02. The van der Waals surface area contributed by atoms with Crippen LogP contribution >= 0.6 is 0 Å². The van der Waals surface area contributed by atoms with Crippen molar-refractivity contribution in [3.8, 4) is 0 Å². The Morgan fingerprint density at radius 2 is 1.34 bits per heavy atom. The van der Waals surface area contributed by atoms with Gasteiger partial charge < -0.3 is 24.8 Å². The average molecular weight is 665 g/mol. The van der Waals surface area contributed by atoms with Gasteiger partial charge in [-0.3, -0.25) is 14.4 Å². The van der Waals surface area contributed by atoms with Crippen molar-refractivity contribution >= 4 is 17.7 Å². The quantitative estimate of drug-likeness (QED) is 0.0417. The Kier molecular flexibility index (Phi) is 25.5. The summed E-state index contributed by atoms with van der Waals surface area (Å²) in [5, 5.41) is 30.6. The van der Waals surface area contributed by atoms with Gasteiger partial charge in [-0.2, -0.15) is 0 Å². The molecule has 0 radical (unpaired) electrons. The highest BCUT2D eigenvalue weighted by molar-refractivity contribution is 5.86. The molecule has 3 N–H and O–H groups in total. The molecule has 0 aromatic heterocycles. The maximum atomic E-state index is 12.4. The van der Waals surface area contributed by atoms with Gasteiger partial charge in [0.05, 0.1) is 12.2 Å². The molecule has 0 spiro atoms. The van der Waals surface area contributed by atoms with Crippen molar-refractivity contribution in [2.75, 3.05) is 13.2 Å². The molecule has 5 atom stereocenters. The molecule has 0 bridgehead atoms. The summed E-state index contributed by atoms with van der Waals surface area (Å²) >= 11 is 0. The highest BCUT2D eigenvalue weighted by Gasteiger charge is 2.39. The van der Waals surface area contributed by atoms with Crippen LogP contribution in [-0.4, -0.2) is 64.6 Å². The smallest absolute Gasteiger partial charge is 0.305 e. The molecule has 0 saturated heterocycles. The van der Waals surface area contributed by atoms with Crippen LogP contribution in [-0.2, 0) is 23.9 Å². The number of ketones is 1. The first-order valence-corrected chi connectivity index (χ1v) is 18.8. The normalized spacial score (nSPS) is 19.6. The lowest BCUT2D eigenvalue weighted by atomic mass is 9.90. The summed E-state index contributed by atoms with van der Waals surface area (Å²) < 4.78 is 10.3. The van der Waals surface area contributed by atoms with E-state index in [9.17, 15) is 29.7 Å². The van der Waals surface area contributed by atoms with Gasteiger partial charge in [-0.25, -0.2) is 0 Å². The molecule has 0 aliphatic heterocycles. The van der Waals surface area contributed by atoms with Gasteiger partial charge >= 0.3 is 11.9 Å². The fourth-order valence-electron chi connectivity index (χ4n) is 6.02. The van der Waals surface area contributed by atoms with E-state index in [-0.39, 0.29) is 43.7 Å². The van der Waals surface area contributed by atoms with Gasteiger partial charge in [0.2, 0.25) is 0 Å². The Labute approximate surface area is 285 Å². The van der Waals surface area contributed by atoms with Crippen molar-refractivity contribution in [1.29, 1.82) is 0 Å². The van der Waals surface area contributed by atoms with Crippen molar-refractivity contribution in [2.24, 2.45) is 17.8 Å². The fraction of sp³-hybridized carbons (Fsp3) is 0.821. The summed E-state index contributed by atoms with van der Waals surface area (Å²) in [6, 6.07) is 0. The first-order chi connectivity index (χ1) is 22.6. The second kappa shape index (κ2) is 27.9. The number of unbranched alkanes of at least 4 members (excludes halogenated alkanes) is 12. The Hall–Kier alpha value is -2.03. The van der Waals surface area contributed by atoms with E-state index in [1.165, 1.54) is 51.4 Å². The first-order valence-electron chi connectivity index (χ1n) is 18.8. The highest BCUT2D eigenvalue weighted by atomic mass is 16.6. The van der Waals surface area contributed by atoms with E-state index in [4.69, 9.17) is 9.47 Å². The number of aliphatic hydroxyl groups excluding tert-OH is 3. The molecule has 1 saturated carbocycles. The van der Waals surface area contributed by atoms with Crippen LogP contribution in [0.5, 0.6) is 0 Å². The van der Waals surface area contributed by atoms with Crippen molar-refractivity contribution in [3.63, 3.8) is 0 Å². The van der Waals surface area contributed by atoms with Gasteiger partial charge in [0.25, 0.3) is 0 Å². The Morgan fingerprint density at radius 1 is 0.787 bits per heavy atom. The molecule has 0 unspecified atom stereocenters. The van der Waals surface area contributed by atoms with E-state index in [0.29, 0.717) is 32.1 Å². The summed E-state index contributed by atoms with van der Waals surface area (Å²) in [7, 11) is 0. The number of hydrogen-bond acceptors (Lipinski definition) is 8. The summed E-state index contributed by atoms with van der Waals surface area (Å²) in [4.78, 5) is 36.4. The number of esters is 2. The number of aliphatic hydroxyl groups is 3. The SMILES string of the molecule is CCCCC[C@H](O)/C=C/[C@H]1C(=O)C[C@H](O)[C@@H]1C/C=C\CCCC(=O)OC[C@H](O)COC(=O)CCCCCCCCCCCCC(C)C.